The maximum Gasteiger partial charge on any atom is 0.230 e. The van der Waals surface area contributed by atoms with Crippen LogP contribution in [0.2, 0.25) is 5.02 Å². The summed E-state index contributed by atoms with van der Waals surface area (Å²) in [5.74, 6) is 1.28. The zero-order chi connectivity index (χ0) is 22.1. The SMILES string of the molecule is COc1ccc2nc(SCc3csc(N(C(C)=O)c4c(C)cc(C)cc4Cl)n3)[nH]c2c1. The number of hydrogen-bond acceptors (Lipinski definition) is 6. The van der Waals surface area contributed by atoms with Gasteiger partial charge in [0.15, 0.2) is 10.3 Å². The summed E-state index contributed by atoms with van der Waals surface area (Å²) in [4.78, 5) is 26.7. The second-order valence-corrected chi connectivity index (χ2v) is 9.31. The second-order valence-electron chi connectivity index (χ2n) is 7.10. The Morgan fingerprint density at radius 1 is 1.26 bits per heavy atom. The van der Waals surface area contributed by atoms with Gasteiger partial charge in [-0.1, -0.05) is 29.4 Å². The highest BCUT2D eigenvalue weighted by atomic mass is 35.5. The van der Waals surface area contributed by atoms with E-state index in [9.17, 15) is 4.79 Å². The van der Waals surface area contributed by atoms with Gasteiger partial charge in [-0.15, -0.1) is 11.3 Å². The van der Waals surface area contributed by atoms with Crippen LogP contribution in [0.25, 0.3) is 11.0 Å². The van der Waals surface area contributed by atoms with Crippen molar-refractivity contribution >= 4 is 62.5 Å². The standard InChI is InChI=1S/C22H21ClN4O2S2/c1-12-7-13(2)20(17(23)8-12)27(14(3)28)22-24-15(11-31-22)10-30-21-25-18-6-5-16(29-4)9-19(18)26-21/h5-9,11H,10H2,1-4H3,(H,25,26). The molecule has 0 saturated heterocycles. The van der Waals surface area contributed by atoms with Crippen LogP contribution in [0.15, 0.2) is 40.9 Å². The molecule has 0 aliphatic heterocycles. The van der Waals surface area contributed by atoms with Crippen LogP contribution in [0.1, 0.15) is 23.7 Å². The molecule has 6 nitrogen and oxygen atoms in total. The smallest absolute Gasteiger partial charge is 0.230 e. The number of aryl methyl sites for hydroxylation is 2. The minimum atomic E-state index is -0.131. The van der Waals surface area contributed by atoms with Gasteiger partial charge in [0.1, 0.15) is 5.75 Å². The lowest BCUT2D eigenvalue weighted by Gasteiger charge is -2.22. The van der Waals surface area contributed by atoms with Crippen LogP contribution in [0.4, 0.5) is 10.8 Å². The van der Waals surface area contributed by atoms with Gasteiger partial charge in [0.2, 0.25) is 5.91 Å². The first kappa shape index (κ1) is 21.7. The van der Waals surface area contributed by atoms with E-state index < -0.39 is 0 Å². The number of ether oxygens (including phenoxy) is 1. The number of aromatic amines is 1. The van der Waals surface area contributed by atoms with Gasteiger partial charge in [-0.2, -0.15) is 0 Å². The lowest BCUT2D eigenvalue weighted by molar-refractivity contribution is -0.115. The first-order valence-electron chi connectivity index (χ1n) is 9.54. The van der Waals surface area contributed by atoms with Crippen LogP contribution < -0.4 is 9.64 Å². The zero-order valence-corrected chi connectivity index (χ0v) is 19.9. The number of hydrogen-bond donors (Lipinski definition) is 1. The second kappa shape index (κ2) is 8.90. The van der Waals surface area contributed by atoms with Gasteiger partial charge in [-0.25, -0.2) is 9.97 Å². The summed E-state index contributed by atoms with van der Waals surface area (Å²) in [7, 11) is 1.64. The molecule has 2 heterocycles. The minimum absolute atomic E-state index is 0.131. The molecule has 31 heavy (non-hydrogen) atoms. The predicted molar refractivity (Wildman–Crippen MR) is 128 cm³/mol. The number of H-pyrrole nitrogens is 1. The number of methoxy groups -OCH3 is 1. The Kier molecular flexibility index (Phi) is 6.22. The molecule has 0 radical (unpaired) electrons. The largest absolute Gasteiger partial charge is 0.497 e. The Bertz CT molecular complexity index is 1240. The van der Waals surface area contributed by atoms with Crippen molar-refractivity contribution in [3.63, 3.8) is 0 Å². The van der Waals surface area contributed by atoms with Crippen molar-refractivity contribution in [3.05, 3.63) is 57.6 Å². The van der Waals surface area contributed by atoms with Crippen LogP contribution in [0.3, 0.4) is 0 Å². The highest BCUT2D eigenvalue weighted by Crippen LogP contribution is 2.38. The molecule has 1 amide bonds. The number of nitrogens with zero attached hydrogens (tertiary/aromatic N) is 3. The number of carbonyl (C=O) groups excluding carboxylic acids is 1. The van der Waals surface area contributed by atoms with Crippen molar-refractivity contribution in [3.8, 4) is 5.75 Å². The highest BCUT2D eigenvalue weighted by molar-refractivity contribution is 7.98. The summed E-state index contributed by atoms with van der Waals surface area (Å²) in [5, 5.41) is 3.91. The summed E-state index contributed by atoms with van der Waals surface area (Å²) < 4.78 is 5.26. The van der Waals surface area contributed by atoms with Crippen LogP contribution in [-0.2, 0) is 10.5 Å². The summed E-state index contributed by atoms with van der Waals surface area (Å²) in [6.45, 7) is 5.45. The first-order valence-corrected chi connectivity index (χ1v) is 11.8. The molecule has 2 aromatic heterocycles. The molecule has 0 atom stereocenters. The molecular weight excluding hydrogens is 452 g/mol. The summed E-state index contributed by atoms with van der Waals surface area (Å²) in [6.07, 6.45) is 0. The summed E-state index contributed by atoms with van der Waals surface area (Å²) in [6, 6.07) is 9.61. The fourth-order valence-electron chi connectivity index (χ4n) is 3.35. The number of nitrogens with one attached hydrogen (secondary N) is 1. The van der Waals surface area contributed by atoms with Gasteiger partial charge < -0.3 is 9.72 Å². The number of amides is 1. The van der Waals surface area contributed by atoms with Gasteiger partial charge >= 0.3 is 0 Å². The molecule has 0 bridgehead atoms. The molecule has 9 heteroatoms. The third-order valence-corrected chi connectivity index (χ3v) is 6.76. The number of thioether (sulfide) groups is 1. The quantitative estimate of drug-likeness (QED) is 0.334. The number of fused-ring (bicyclic) bond motifs is 1. The maximum atomic E-state index is 12.5. The number of imidazole rings is 1. The van der Waals surface area contributed by atoms with Crippen LogP contribution in [0, 0.1) is 13.8 Å². The van der Waals surface area contributed by atoms with Crippen LogP contribution >= 0.6 is 34.7 Å². The molecule has 2 aromatic carbocycles. The Balaban J connectivity index is 1.55. The van der Waals surface area contributed by atoms with E-state index in [0.717, 1.165) is 38.8 Å². The molecule has 160 valence electrons. The van der Waals surface area contributed by atoms with Gasteiger partial charge in [0.25, 0.3) is 0 Å². The fraction of sp³-hybridized carbons (Fsp3) is 0.227. The van der Waals surface area contributed by atoms with E-state index in [-0.39, 0.29) is 5.91 Å². The third-order valence-electron chi connectivity index (χ3n) is 4.69. The molecule has 4 aromatic rings. The Morgan fingerprint density at radius 2 is 2.06 bits per heavy atom. The lowest BCUT2D eigenvalue weighted by atomic mass is 10.1. The number of benzene rings is 2. The van der Waals surface area contributed by atoms with Gasteiger partial charge in [-0.3, -0.25) is 9.69 Å². The molecule has 0 aliphatic carbocycles. The topological polar surface area (TPSA) is 71.1 Å². The maximum absolute atomic E-state index is 12.5. The number of rotatable bonds is 6. The first-order chi connectivity index (χ1) is 14.9. The molecule has 0 fully saturated rings. The van der Waals surface area contributed by atoms with Gasteiger partial charge in [-0.05, 0) is 43.2 Å². The number of aromatic nitrogens is 3. The monoisotopic (exact) mass is 472 g/mol. The molecule has 0 spiro atoms. The average Bonchev–Trinajstić information content (AvgIpc) is 3.34. The number of halogens is 1. The molecule has 0 saturated carbocycles. The summed E-state index contributed by atoms with van der Waals surface area (Å²) >= 11 is 9.47. The number of carbonyl (C=O) groups is 1. The zero-order valence-electron chi connectivity index (χ0n) is 17.5. The third kappa shape index (κ3) is 4.56. The van der Waals surface area contributed by atoms with Crippen molar-refractivity contribution in [2.24, 2.45) is 0 Å². The van der Waals surface area contributed by atoms with E-state index in [1.54, 1.807) is 23.8 Å². The normalized spacial score (nSPS) is 11.1. The van der Waals surface area contributed by atoms with E-state index in [4.69, 9.17) is 21.3 Å². The van der Waals surface area contributed by atoms with Gasteiger partial charge in [0, 0.05) is 24.1 Å². The van der Waals surface area contributed by atoms with Crippen molar-refractivity contribution in [1.29, 1.82) is 0 Å². The predicted octanol–water partition coefficient (Wildman–Crippen LogP) is 6.28. The molecule has 4 rings (SSSR count). The Labute approximate surface area is 193 Å². The van der Waals surface area contributed by atoms with E-state index >= 15 is 0 Å². The fourth-order valence-corrected chi connectivity index (χ4v) is 5.51. The number of anilines is 2. The van der Waals surface area contributed by atoms with E-state index in [2.05, 4.69) is 9.97 Å². The van der Waals surface area contributed by atoms with Crippen molar-refractivity contribution in [2.75, 3.05) is 12.0 Å². The van der Waals surface area contributed by atoms with Crippen molar-refractivity contribution in [1.82, 2.24) is 15.0 Å². The minimum Gasteiger partial charge on any atom is -0.497 e. The van der Waals surface area contributed by atoms with Crippen molar-refractivity contribution < 1.29 is 9.53 Å². The Hall–Kier alpha value is -2.55. The van der Waals surface area contributed by atoms with Crippen molar-refractivity contribution in [2.45, 2.75) is 31.7 Å². The summed E-state index contributed by atoms with van der Waals surface area (Å²) in [5.41, 5.74) is 5.34. The average molecular weight is 473 g/mol. The Morgan fingerprint density at radius 3 is 2.77 bits per heavy atom. The van der Waals surface area contributed by atoms with E-state index in [1.807, 2.05) is 49.6 Å². The number of thiazole rings is 1. The van der Waals surface area contributed by atoms with Crippen LogP contribution in [-0.4, -0.2) is 28.0 Å². The molecular formula is C22H21ClN4O2S2. The molecule has 0 unspecified atom stereocenters. The van der Waals surface area contributed by atoms with Crippen LogP contribution in [0.5, 0.6) is 5.75 Å². The molecule has 1 N–H and O–H groups in total. The molecule has 0 aliphatic rings. The van der Waals surface area contributed by atoms with Gasteiger partial charge in [0.05, 0.1) is 34.5 Å². The lowest BCUT2D eigenvalue weighted by Crippen LogP contribution is -2.24. The van der Waals surface area contributed by atoms with E-state index in [1.165, 1.54) is 18.3 Å². The highest BCUT2D eigenvalue weighted by Gasteiger charge is 2.22. The van der Waals surface area contributed by atoms with E-state index in [0.29, 0.717) is 21.6 Å².